The molecule has 0 atom stereocenters. The molecule has 0 aliphatic carbocycles. The first-order chi connectivity index (χ1) is 14.6. The van der Waals surface area contributed by atoms with E-state index in [-0.39, 0.29) is 5.91 Å². The van der Waals surface area contributed by atoms with Gasteiger partial charge in [0.25, 0.3) is 5.91 Å². The van der Waals surface area contributed by atoms with E-state index in [1.165, 1.54) is 0 Å². The van der Waals surface area contributed by atoms with Gasteiger partial charge < -0.3 is 9.30 Å². The van der Waals surface area contributed by atoms with E-state index >= 15 is 0 Å². The maximum absolute atomic E-state index is 12.3. The van der Waals surface area contributed by atoms with Crippen LogP contribution in [0, 0.1) is 0 Å². The molecule has 30 heavy (non-hydrogen) atoms. The number of halogens is 1. The number of hydrogen-bond donors (Lipinski definition) is 1. The Bertz CT molecular complexity index is 1210. The maximum Gasteiger partial charge on any atom is 0.271 e. The van der Waals surface area contributed by atoms with Gasteiger partial charge in [0.1, 0.15) is 5.75 Å². The van der Waals surface area contributed by atoms with E-state index in [2.05, 4.69) is 21.2 Å². The minimum Gasteiger partial charge on any atom is -0.497 e. The zero-order valence-corrected chi connectivity index (χ0v) is 17.1. The van der Waals surface area contributed by atoms with E-state index in [0.29, 0.717) is 17.9 Å². The number of nitrogens with zero attached hydrogens (tertiary/aromatic N) is 2. The van der Waals surface area contributed by atoms with E-state index in [1.807, 2.05) is 48.7 Å². The van der Waals surface area contributed by atoms with E-state index in [0.717, 1.165) is 27.1 Å². The van der Waals surface area contributed by atoms with Gasteiger partial charge >= 0.3 is 0 Å². The van der Waals surface area contributed by atoms with Crippen LogP contribution < -0.4 is 10.2 Å². The Morgan fingerprint density at radius 2 is 1.90 bits per heavy atom. The molecule has 5 nitrogen and oxygen atoms in total. The van der Waals surface area contributed by atoms with Crippen molar-refractivity contribution in [2.45, 2.75) is 6.54 Å². The van der Waals surface area contributed by atoms with Gasteiger partial charge in [-0.3, -0.25) is 4.79 Å². The topological polar surface area (TPSA) is 55.6 Å². The number of carbonyl (C=O) groups is 1. The number of amides is 1. The Balaban J connectivity index is 1.55. The van der Waals surface area contributed by atoms with Crippen LogP contribution >= 0.6 is 11.6 Å². The molecule has 0 unspecified atom stereocenters. The normalized spacial score (nSPS) is 11.1. The van der Waals surface area contributed by atoms with Crippen molar-refractivity contribution in [1.82, 2.24) is 9.99 Å². The first-order valence-electron chi connectivity index (χ1n) is 9.44. The van der Waals surface area contributed by atoms with Crippen LogP contribution in [0.4, 0.5) is 0 Å². The third-order valence-corrected chi connectivity index (χ3v) is 5.04. The quantitative estimate of drug-likeness (QED) is 0.350. The number of hydrogen-bond acceptors (Lipinski definition) is 3. The number of hydrazone groups is 1. The second-order valence-electron chi connectivity index (χ2n) is 6.79. The van der Waals surface area contributed by atoms with E-state index in [4.69, 9.17) is 16.3 Å². The van der Waals surface area contributed by atoms with Gasteiger partial charge in [0.05, 0.1) is 13.3 Å². The molecule has 0 fully saturated rings. The van der Waals surface area contributed by atoms with Crippen LogP contribution in [0.15, 0.2) is 84.1 Å². The molecule has 0 bridgehead atoms. The minimum absolute atomic E-state index is 0.296. The SMILES string of the molecule is COc1cccc(C(=O)NN=Cc2cn(Cc3ccc(Cl)cc3)c3ccccc23)c1. The van der Waals surface area contributed by atoms with Crippen molar-refractivity contribution < 1.29 is 9.53 Å². The fourth-order valence-corrected chi connectivity index (χ4v) is 3.41. The Labute approximate surface area is 179 Å². The van der Waals surface area contributed by atoms with Crippen LogP contribution in [0.25, 0.3) is 10.9 Å². The monoisotopic (exact) mass is 417 g/mol. The number of rotatable bonds is 6. The Morgan fingerprint density at radius 3 is 2.70 bits per heavy atom. The average Bonchev–Trinajstić information content (AvgIpc) is 3.13. The molecule has 1 heterocycles. The van der Waals surface area contributed by atoms with Crippen LogP contribution in [0.2, 0.25) is 5.02 Å². The first kappa shape index (κ1) is 19.7. The van der Waals surface area contributed by atoms with Crippen molar-refractivity contribution in [3.8, 4) is 5.75 Å². The van der Waals surface area contributed by atoms with Crippen LogP contribution in [0.1, 0.15) is 21.5 Å². The molecular weight excluding hydrogens is 398 g/mol. The number of methoxy groups -OCH3 is 1. The van der Waals surface area contributed by atoms with E-state index < -0.39 is 0 Å². The molecule has 3 aromatic carbocycles. The third kappa shape index (κ3) is 4.36. The largest absolute Gasteiger partial charge is 0.497 e. The molecule has 6 heteroatoms. The summed E-state index contributed by atoms with van der Waals surface area (Å²) in [4.78, 5) is 12.3. The molecule has 4 aromatic rings. The molecule has 1 N–H and O–H groups in total. The fourth-order valence-electron chi connectivity index (χ4n) is 3.28. The molecule has 150 valence electrons. The van der Waals surface area contributed by atoms with Gasteiger partial charge in [0, 0.05) is 39.8 Å². The molecule has 0 saturated heterocycles. The summed E-state index contributed by atoms with van der Waals surface area (Å²) in [6, 6.07) is 22.8. The number of aromatic nitrogens is 1. The van der Waals surface area contributed by atoms with Gasteiger partial charge in [-0.15, -0.1) is 0 Å². The molecule has 0 aliphatic rings. The highest BCUT2D eigenvalue weighted by Gasteiger charge is 2.08. The summed E-state index contributed by atoms with van der Waals surface area (Å²) in [5.74, 6) is 0.326. The van der Waals surface area contributed by atoms with Gasteiger partial charge in [-0.25, -0.2) is 5.43 Å². The zero-order valence-electron chi connectivity index (χ0n) is 16.4. The highest BCUT2D eigenvalue weighted by Crippen LogP contribution is 2.22. The first-order valence-corrected chi connectivity index (χ1v) is 9.81. The van der Waals surface area contributed by atoms with Crippen molar-refractivity contribution in [1.29, 1.82) is 0 Å². The van der Waals surface area contributed by atoms with Crippen LogP contribution in [0.5, 0.6) is 5.75 Å². The standard InChI is InChI=1S/C24H20ClN3O2/c1-30-21-6-4-5-18(13-21)24(29)27-26-14-19-16-28(23-8-3-2-7-22(19)23)15-17-9-11-20(25)12-10-17/h2-14,16H,15H2,1H3,(H,27,29). The van der Waals surface area contributed by atoms with Crippen molar-refractivity contribution in [3.63, 3.8) is 0 Å². The highest BCUT2D eigenvalue weighted by atomic mass is 35.5. The number of carbonyl (C=O) groups excluding carboxylic acids is 1. The van der Waals surface area contributed by atoms with Gasteiger partial charge in [0.2, 0.25) is 0 Å². The summed E-state index contributed by atoms with van der Waals surface area (Å²) in [6.07, 6.45) is 3.69. The number of fused-ring (bicyclic) bond motifs is 1. The van der Waals surface area contributed by atoms with Crippen LogP contribution in [-0.4, -0.2) is 23.8 Å². The molecule has 0 aliphatic heterocycles. The van der Waals surface area contributed by atoms with E-state index in [9.17, 15) is 4.79 Å². The smallest absolute Gasteiger partial charge is 0.271 e. The van der Waals surface area contributed by atoms with Crippen molar-refractivity contribution in [2.75, 3.05) is 7.11 Å². The van der Waals surface area contributed by atoms with Crippen LogP contribution in [0.3, 0.4) is 0 Å². The molecule has 0 radical (unpaired) electrons. The summed E-state index contributed by atoms with van der Waals surface area (Å²) in [5, 5.41) is 5.94. The summed E-state index contributed by atoms with van der Waals surface area (Å²) in [5.41, 5.74) is 6.22. The fraction of sp³-hybridized carbons (Fsp3) is 0.0833. The maximum atomic E-state index is 12.3. The van der Waals surface area contributed by atoms with Gasteiger partial charge in [-0.1, -0.05) is 48.0 Å². The van der Waals surface area contributed by atoms with Gasteiger partial charge in [-0.05, 0) is 42.0 Å². The van der Waals surface area contributed by atoms with Crippen molar-refractivity contribution >= 4 is 34.6 Å². The Hall–Kier alpha value is -3.57. The van der Waals surface area contributed by atoms with Crippen LogP contribution in [-0.2, 0) is 6.54 Å². The predicted molar refractivity (Wildman–Crippen MR) is 121 cm³/mol. The molecule has 0 spiro atoms. The minimum atomic E-state index is -0.296. The number of para-hydroxylation sites is 1. The third-order valence-electron chi connectivity index (χ3n) is 4.79. The number of ether oxygens (including phenoxy) is 1. The van der Waals surface area contributed by atoms with E-state index in [1.54, 1.807) is 37.6 Å². The lowest BCUT2D eigenvalue weighted by molar-refractivity contribution is 0.0955. The van der Waals surface area contributed by atoms with Crippen molar-refractivity contribution in [3.05, 3.63) is 101 Å². The Morgan fingerprint density at radius 1 is 1.10 bits per heavy atom. The second kappa shape index (κ2) is 8.84. The summed E-state index contributed by atoms with van der Waals surface area (Å²) in [7, 11) is 1.56. The highest BCUT2D eigenvalue weighted by molar-refractivity contribution is 6.30. The molecule has 1 amide bonds. The van der Waals surface area contributed by atoms with Gasteiger partial charge in [0.15, 0.2) is 0 Å². The van der Waals surface area contributed by atoms with Crippen molar-refractivity contribution in [2.24, 2.45) is 5.10 Å². The number of benzene rings is 3. The molecular formula is C24H20ClN3O2. The van der Waals surface area contributed by atoms with Gasteiger partial charge in [-0.2, -0.15) is 5.10 Å². The molecule has 0 saturated carbocycles. The summed E-state index contributed by atoms with van der Waals surface area (Å²) >= 11 is 5.99. The second-order valence-corrected chi connectivity index (χ2v) is 7.22. The predicted octanol–water partition coefficient (Wildman–Crippen LogP) is 5.12. The lowest BCUT2D eigenvalue weighted by atomic mass is 10.2. The lowest BCUT2D eigenvalue weighted by Crippen LogP contribution is -2.17. The average molecular weight is 418 g/mol. The number of nitrogens with one attached hydrogen (secondary N) is 1. The Kier molecular flexibility index (Phi) is 5.82. The zero-order chi connectivity index (χ0) is 20.9. The molecule has 4 rings (SSSR count). The lowest BCUT2D eigenvalue weighted by Gasteiger charge is -2.05. The summed E-state index contributed by atoms with van der Waals surface area (Å²) < 4.78 is 7.31. The molecule has 1 aromatic heterocycles. The summed E-state index contributed by atoms with van der Waals surface area (Å²) in [6.45, 7) is 0.710.